The molecule has 26 heavy (non-hydrogen) atoms. The minimum atomic E-state index is -0.230. The minimum Gasteiger partial charge on any atom is -0.466 e. The highest BCUT2D eigenvalue weighted by Crippen LogP contribution is 2.30. The van der Waals surface area contributed by atoms with Gasteiger partial charge in [-0.25, -0.2) is 4.79 Å². The Morgan fingerprint density at radius 2 is 1.92 bits per heavy atom. The maximum Gasteiger partial charge on any atom is 0.333 e. The van der Waals surface area contributed by atoms with Crippen LogP contribution in [0.4, 0.5) is 5.69 Å². The molecule has 0 atom stereocenters. The molecule has 0 aromatic heterocycles. The number of ether oxygens (including phenoxy) is 1. The zero-order valence-corrected chi connectivity index (χ0v) is 16.7. The van der Waals surface area contributed by atoms with Crippen molar-refractivity contribution in [1.82, 2.24) is 0 Å². The van der Waals surface area contributed by atoms with Gasteiger partial charge in [0, 0.05) is 28.8 Å². The van der Waals surface area contributed by atoms with E-state index < -0.39 is 0 Å². The SMILES string of the molecule is COC(=O)C1=Cc2cc(Br)ccc2N(Cc2ccccc2)CCCCC1. The lowest BCUT2D eigenvalue weighted by atomic mass is 10.0. The topological polar surface area (TPSA) is 29.5 Å². The van der Waals surface area contributed by atoms with Crippen molar-refractivity contribution in [3.05, 3.63) is 69.7 Å². The van der Waals surface area contributed by atoms with E-state index in [1.165, 1.54) is 12.7 Å². The van der Waals surface area contributed by atoms with Gasteiger partial charge in [0.1, 0.15) is 0 Å². The van der Waals surface area contributed by atoms with Gasteiger partial charge in [0.05, 0.1) is 7.11 Å². The molecule has 3 nitrogen and oxygen atoms in total. The summed E-state index contributed by atoms with van der Waals surface area (Å²) in [5.41, 5.74) is 4.24. The van der Waals surface area contributed by atoms with E-state index in [9.17, 15) is 4.79 Å². The number of halogens is 1. The molecule has 0 bridgehead atoms. The van der Waals surface area contributed by atoms with Crippen molar-refractivity contribution < 1.29 is 9.53 Å². The number of carbonyl (C=O) groups is 1. The van der Waals surface area contributed by atoms with Crippen molar-refractivity contribution in [3.8, 4) is 0 Å². The number of benzene rings is 2. The molecule has 1 aliphatic heterocycles. The third-order valence-electron chi connectivity index (χ3n) is 4.70. The first-order valence-corrected chi connectivity index (χ1v) is 9.84. The number of rotatable bonds is 3. The Balaban J connectivity index is 2.02. The largest absolute Gasteiger partial charge is 0.466 e. The molecular weight excluding hydrogens is 390 g/mol. The quantitative estimate of drug-likeness (QED) is 0.614. The van der Waals surface area contributed by atoms with Crippen LogP contribution in [0, 0.1) is 0 Å². The van der Waals surface area contributed by atoms with Gasteiger partial charge in [0.25, 0.3) is 0 Å². The van der Waals surface area contributed by atoms with E-state index in [-0.39, 0.29) is 5.97 Å². The number of anilines is 1. The van der Waals surface area contributed by atoms with Gasteiger partial charge < -0.3 is 9.64 Å². The predicted octanol–water partition coefficient (Wildman–Crippen LogP) is 5.59. The monoisotopic (exact) mass is 413 g/mol. The lowest BCUT2D eigenvalue weighted by Crippen LogP contribution is -2.25. The van der Waals surface area contributed by atoms with Crippen LogP contribution >= 0.6 is 15.9 Å². The summed E-state index contributed by atoms with van der Waals surface area (Å²) in [4.78, 5) is 14.6. The molecule has 0 spiro atoms. The van der Waals surface area contributed by atoms with Crippen molar-refractivity contribution in [3.63, 3.8) is 0 Å². The van der Waals surface area contributed by atoms with Gasteiger partial charge in [-0.3, -0.25) is 0 Å². The van der Waals surface area contributed by atoms with Crippen LogP contribution in [0.3, 0.4) is 0 Å². The molecule has 4 heteroatoms. The predicted molar refractivity (Wildman–Crippen MR) is 110 cm³/mol. The number of methoxy groups -OCH3 is 1. The maximum absolute atomic E-state index is 12.2. The van der Waals surface area contributed by atoms with Crippen LogP contribution in [0.2, 0.25) is 0 Å². The van der Waals surface area contributed by atoms with Crippen LogP contribution in [0.5, 0.6) is 0 Å². The first kappa shape index (κ1) is 18.7. The Labute approximate surface area is 163 Å². The molecule has 0 amide bonds. The molecule has 0 saturated heterocycles. The van der Waals surface area contributed by atoms with Crippen LogP contribution in [-0.4, -0.2) is 19.6 Å². The Kier molecular flexibility index (Phi) is 6.51. The molecule has 136 valence electrons. The van der Waals surface area contributed by atoms with E-state index in [2.05, 4.69) is 63.3 Å². The molecule has 0 radical (unpaired) electrons. The molecule has 0 unspecified atom stereocenters. The fourth-order valence-electron chi connectivity index (χ4n) is 3.36. The number of carbonyl (C=O) groups excluding carboxylic acids is 1. The molecular formula is C22H24BrNO2. The smallest absolute Gasteiger partial charge is 0.333 e. The van der Waals surface area contributed by atoms with Crippen LogP contribution < -0.4 is 4.90 Å². The van der Waals surface area contributed by atoms with E-state index in [0.717, 1.165) is 60.1 Å². The first-order chi connectivity index (χ1) is 12.7. The second kappa shape index (κ2) is 9.04. The highest BCUT2D eigenvalue weighted by atomic mass is 79.9. The van der Waals surface area contributed by atoms with Crippen molar-refractivity contribution in [1.29, 1.82) is 0 Å². The van der Waals surface area contributed by atoms with Crippen molar-refractivity contribution in [2.24, 2.45) is 0 Å². The van der Waals surface area contributed by atoms with Crippen LogP contribution in [0.15, 0.2) is 58.6 Å². The molecule has 1 heterocycles. The molecule has 0 saturated carbocycles. The van der Waals surface area contributed by atoms with E-state index in [0.29, 0.717) is 0 Å². The average molecular weight is 414 g/mol. The second-order valence-electron chi connectivity index (χ2n) is 6.58. The highest BCUT2D eigenvalue weighted by molar-refractivity contribution is 9.10. The summed E-state index contributed by atoms with van der Waals surface area (Å²) in [5.74, 6) is -0.230. The molecule has 0 fully saturated rings. The second-order valence-corrected chi connectivity index (χ2v) is 7.50. The number of nitrogens with zero attached hydrogens (tertiary/aromatic N) is 1. The Morgan fingerprint density at radius 1 is 1.12 bits per heavy atom. The first-order valence-electron chi connectivity index (χ1n) is 9.04. The van der Waals surface area contributed by atoms with Gasteiger partial charge in [0.2, 0.25) is 0 Å². The minimum absolute atomic E-state index is 0.230. The maximum atomic E-state index is 12.2. The summed E-state index contributed by atoms with van der Waals surface area (Å²) in [6, 6.07) is 16.8. The van der Waals surface area contributed by atoms with Crippen molar-refractivity contribution >= 4 is 33.7 Å². The Bertz CT molecular complexity index is 786. The molecule has 3 rings (SSSR count). The van der Waals surface area contributed by atoms with E-state index >= 15 is 0 Å². The molecule has 2 aromatic carbocycles. The summed E-state index contributed by atoms with van der Waals surface area (Å²) in [6.07, 6.45) is 5.97. The number of hydrogen-bond acceptors (Lipinski definition) is 3. The summed E-state index contributed by atoms with van der Waals surface area (Å²) in [5, 5.41) is 0. The standard InChI is InChI=1S/C22H24BrNO2/c1-26-22(25)18-10-6-3-7-13-24(16-17-8-4-2-5-9-17)21-12-11-20(23)15-19(21)14-18/h2,4-5,8-9,11-12,14-15H,3,6-7,10,13,16H2,1H3. The van der Waals surface area contributed by atoms with E-state index in [1.807, 2.05) is 12.1 Å². The Hall–Kier alpha value is -2.07. The van der Waals surface area contributed by atoms with Crippen molar-refractivity contribution in [2.75, 3.05) is 18.6 Å². The van der Waals surface area contributed by atoms with Gasteiger partial charge >= 0.3 is 5.97 Å². The van der Waals surface area contributed by atoms with Gasteiger partial charge in [0.15, 0.2) is 0 Å². The van der Waals surface area contributed by atoms with Crippen LogP contribution in [-0.2, 0) is 16.1 Å². The summed E-state index contributed by atoms with van der Waals surface area (Å²) >= 11 is 3.57. The fraction of sp³-hybridized carbons (Fsp3) is 0.318. The summed E-state index contributed by atoms with van der Waals surface area (Å²) in [6.45, 7) is 1.86. The average Bonchev–Trinajstić information content (AvgIpc) is 2.66. The third kappa shape index (κ3) is 4.76. The summed E-state index contributed by atoms with van der Waals surface area (Å²) in [7, 11) is 1.45. The number of hydrogen-bond donors (Lipinski definition) is 0. The zero-order chi connectivity index (χ0) is 18.4. The van der Waals surface area contributed by atoms with Gasteiger partial charge in [-0.05, 0) is 54.7 Å². The van der Waals surface area contributed by atoms with E-state index in [4.69, 9.17) is 4.74 Å². The van der Waals surface area contributed by atoms with Gasteiger partial charge in [-0.1, -0.05) is 52.7 Å². The third-order valence-corrected chi connectivity index (χ3v) is 5.19. The highest BCUT2D eigenvalue weighted by Gasteiger charge is 2.16. The summed E-state index contributed by atoms with van der Waals surface area (Å²) < 4.78 is 6.00. The normalized spacial score (nSPS) is 15.0. The molecule has 0 N–H and O–H groups in total. The van der Waals surface area contributed by atoms with E-state index in [1.54, 1.807) is 0 Å². The fourth-order valence-corrected chi connectivity index (χ4v) is 3.74. The lowest BCUT2D eigenvalue weighted by Gasteiger charge is -2.28. The van der Waals surface area contributed by atoms with Gasteiger partial charge in [-0.2, -0.15) is 0 Å². The van der Waals surface area contributed by atoms with Gasteiger partial charge in [-0.15, -0.1) is 0 Å². The lowest BCUT2D eigenvalue weighted by molar-refractivity contribution is -0.136. The molecule has 2 aromatic rings. The van der Waals surface area contributed by atoms with Crippen molar-refractivity contribution in [2.45, 2.75) is 32.2 Å². The van der Waals surface area contributed by atoms with Crippen LogP contribution in [0.1, 0.15) is 36.8 Å². The number of esters is 1. The Morgan fingerprint density at radius 3 is 2.69 bits per heavy atom. The zero-order valence-electron chi connectivity index (χ0n) is 15.1. The van der Waals surface area contributed by atoms with Crippen LogP contribution in [0.25, 0.3) is 6.08 Å². The molecule has 0 aliphatic carbocycles. The number of fused-ring (bicyclic) bond motifs is 1. The molecule has 1 aliphatic rings.